The second-order valence-electron chi connectivity index (χ2n) is 9.91. The Bertz CT molecular complexity index is 1650. The van der Waals surface area contributed by atoms with E-state index in [0.717, 1.165) is 69.5 Å². The Kier molecular flexibility index (Phi) is 7.32. The Morgan fingerprint density at radius 1 is 1.00 bits per heavy atom. The predicted octanol–water partition coefficient (Wildman–Crippen LogP) is 7.15. The van der Waals surface area contributed by atoms with Crippen molar-refractivity contribution in [3.8, 4) is 33.6 Å². The van der Waals surface area contributed by atoms with Crippen LogP contribution in [-0.2, 0) is 11.2 Å². The van der Waals surface area contributed by atoms with Crippen molar-refractivity contribution in [1.29, 1.82) is 0 Å². The van der Waals surface area contributed by atoms with Gasteiger partial charge < -0.3 is 14.5 Å². The molecule has 0 unspecified atom stereocenters. The maximum Gasteiger partial charge on any atom is 0.335 e. The number of thiazole rings is 1. The van der Waals surface area contributed by atoms with Crippen LogP contribution in [0.1, 0.15) is 44.8 Å². The highest BCUT2D eigenvalue weighted by Crippen LogP contribution is 2.39. The Morgan fingerprint density at radius 3 is 2.50 bits per heavy atom. The number of piperidine rings is 1. The lowest BCUT2D eigenvalue weighted by Crippen LogP contribution is -2.38. The smallest absolute Gasteiger partial charge is 0.335 e. The molecule has 1 aliphatic rings. The van der Waals surface area contributed by atoms with Crippen LogP contribution < -0.4 is 0 Å². The third-order valence-electron chi connectivity index (χ3n) is 7.34. The molecule has 40 heavy (non-hydrogen) atoms. The fraction of sp³-hybridized carbons (Fsp3) is 0.226. The fourth-order valence-corrected chi connectivity index (χ4v) is 6.84. The number of thiophene rings is 1. The van der Waals surface area contributed by atoms with E-state index in [1.165, 1.54) is 0 Å². The minimum Gasteiger partial charge on any atom is -0.478 e. The summed E-state index contributed by atoms with van der Waals surface area (Å²) in [5.74, 6) is 0.284. The van der Waals surface area contributed by atoms with Crippen molar-refractivity contribution in [2.24, 2.45) is 0 Å². The summed E-state index contributed by atoms with van der Waals surface area (Å²) in [6.07, 6.45) is 2.29. The first-order chi connectivity index (χ1) is 19.5. The van der Waals surface area contributed by atoms with E-state index in [1.54, 1.807) is 34.8 Å². The molecule has 0 bridgehead atoms. The first-order valence-electron chi connectivity index (χ1n) is 13.1. The van der Waals surface area contributed by atoms with Crippen molar-refractivity contribution in [3.05, 3.63) is 92.6 Å². The van der Waals surface area contributed by atoms with Crippen LogP contribution in [0.2, 0.25) is 0 Å². The molecule has 1 fully saturated rings. The number of hydrogen-bond donors (Lipinski definition) is 1. The van der Waals surface area contributed by atoms with Crippen molar-refractivity contribution < 1.29 is 19.2 Å². The molecule has 1 amide bonds. The van der Waals surface area contributed by atoms with Gasteiger partial charge >= 0.3 is 5.97 Å². The summed E-state index contributed by atoms with van der Waals surface area (Å²) in [5.41, 5.74) is 5.49. The summed E-state index contributed by atoms with van der Waals surface area (Å²) in [7, 11) is 0. The summed E-state index contributed by atoms with van der Waals surface area (Å²) < 4.78 is 5.64. The maximum absolute atomic E-state index is 12.7. The first kappa shape index (κ1) is 26.2. The third-order valence-corrected chi connectivity index (χ3v) is 9.23. The van der Waals surface area contributed by atoms with E-state index >= 15 is 0 Å². The number of amides is 1. The Hall–Kier alpha value is -4.08. The van der Waals surface area contributed by atoms with Gasteiger partial charge in [-0.15, -0.1) is 22.7 Å². The molecule has 4 heterocycles. The molecule has 1 saturated heterocycles. The van der Waals surface area contributed by atoms with Gasteiger partial charge in [0.25, 0.3) is 0 Å². The van der Waals surface area contributed by atoms with E-state index < -0.39 is 5.97 Å². The fourth-order valence-electron chi connectivity index (χ4n) is 5.16. The molecular weight excluding hydrogens is 542 g/mol. The van der Waals surface area contributed by atoms with Gasteiger partial charge in [-0.05, 0) is 60.5 Å². The molecule has 6 rings (SSSR count). The number of carboxylic acids is 1. The van der Waals surface area contributed by atoms with Crippen LogP contribution >= 0.6 is 22.7 Å². The maximum atomic E-state index is 12.7. The molecule has 3 aromatic heterocycles. The Morgan fingerprint density at radius 2 is 1.77 bits per heavy atom. The zero-order chi connectivity index (χ0) is 27.6. The topological polar surface area (TPSA) is 96.5 Å². The van der Waals surface area contributed by atoms with Crippen molar-refractivity contribution in [2.75, 3.05) is 13.1 Å². The monoisotopic (exact) mass is 569 g/mol. The van der Waals surface area contributed by atoms with Crippen molar-refractivity contribution in [3.63, 3.8) is 0 Å². The molecule has 0 spiro atoms. The van der Waals surface area contributed by atoms with Gasteiger partial charge in [-0.25, -0.2) is 9.78 Å². The number of benzene rings is 2. The molecule has 2 aromatic carbocycles. The molecule has 0 aliphatic carbocycles. The summed E-state index contributed by atoms with van der Waals surface area (Å²) in [5, 5.41) is 18.7. The van der Waals surface area contributed by atoms with Crippen LogP contribution in [0.25, 0.3) is 33.6 Å². The minimum atomic E-state index is -0.946. The molecular formula is C31H27N3O4S2. The number of likely N-dealkylation sites (tertiary alicyclic amines) is 1. The number of carboxylic acid groups (broad SMARTS) is 1. The van der Waals surface area contributed by atoms with Gasteiger partial charge in [-0.2, -0.15) is 0 Å². The van der Waals surface area contributed by atoms with E-state index in [-0.39, 0.29) is 11.5 Å². The number of aryl methyl sites for hydroxylation is 1. The molecule has 1 N–H and O–H groups in total. The number of carbonyl (C=O) groups is 2. The number of nitrogens with zero attached hydrogens (tertiary/aromatic N) is 3. The van der Waals surface area contributed by atoms with Gasteiger partial charge in [0.2, 0.25) is 5.91 Å². The van der Waals surface area contributed by atoms with Gasteiger partial charge in [0.15, 0.2) is 0 Å². The largest absolute Gasteiger partial charge is 0.478 e. The number of aromatic carboxylic acids is 1. The highest BCUT2D eigenvalue weighted by Gasteiger charge is 2.27. The number of hydrogen-bond acceptors (Lipinski definition) is 7. The predicted molar refractivity (Wildman–Crippen MR) is 157 cm³/mol. The van der Waals surface area contributed by atoms with E-state index in [0.29, 0.717) is 18.1 Å². The normalized spacial score (nSPS) is 14.0. The van der Waals surface area contributed by atoms with Gasteiger partial charge in [0.05, 0.1) is 28.2 Å². The van der Waals surface area contributed by atoms with E-state index in [1.807, 2.05) is 65.7 Å². The average Bonchev–Trinajstić information content (AvgIpc) is 3.75. The second kappa shape index (κ2) is 11.2. The molecule has 5 aromatic rings. The van der Waals surface area contributed by atoms with Crippen molar-refractivity contribution in [2.45, 2.75) is 32.1 Å². The summed E-state index contributed by atoms with van der Waals surface area (Å²) in [6, 6.07) is 18.8. The summed E-state index contributed by atoms with van der Waals surface area (Å²) >= 11 is 3.28. The van der Waals surface area contributed by atoms with E-state index in [4.69, 9.17) is 9.51 Å². The lowest BCUT2D eigenvalue weighted by Gasteiger charge is -2.31. The number of aromatic nitrogens is 2. The Labute approximate surface area is 239 Å². The molecule has 0 radical (unpaired) electrons. The van der Waals surface area contributed by atoms with Crippen molar-refractivity contribution >= 4 is 34.6 Å². The summed E-state index contributed by atoms with van der Waals surface area (Å²) in [6.45, 7) is 3.40. The SMILES string of the molecule is Cc1onc(-c2cccc(-c3ccc(C(=O)O)cc3)c2)c1-c1csc(C2CCN(C(=O)Cc3cccs3)CC2)n1. The average molecular weight is 570 g/mol. The molecule has 0 atom stereocenters. The van der Waals surface area contributed by atoms with Crippen molar-refractivity contribution in [1.82, 2.24) is 15.0 Å². The van der Waals surface area contributed by atoms with Crippen LogP contribution in [0.5, 0.6) is 0 Å². The number of rotatable bonds is 7. The van der Waals surface area contributed by atoms with Crippen LogP contribution in [-0.4, -0.2) is 45.1 Å². The van der Waals surface area contributed by atoms with E-state index in [2.05, 4.69) is 10.5 Å². The lowest BCUT2D eigenvalue weighted by molar-refractivity contribution is -0.131. The molecule has 9 heteroatoms. The Balaban J connectivity index is 1.19. The van der Waals surface area contributed by atoms with Crippen LogP contribution in [0.3, 0.4) is 0 Å². The molecule has 7 nitrogen and oxygen atoms in total. The van der Waals surface area contributed by atoms with Gasteiger partial charge in [-0.3, -0.25) is 4.79 Å². The first-order valence-corrected chi connectivity index (χ1v) is 14.9. The van der Waals surface area contributed by atoms with Crippen LogP contribution in [0.15, 0.2) is 75.9 Å². The van der Waals surface area contributed by atoms with Gasteiger partial charge in [0.1, 0.15) is 11.5 Å². The van der Waals surface area contributed by atoms with Crippen LogP contribution in [0.4, 0.5) is 0 Å². The van der Waals surface area contributed by atoms with Crippen LogP contribution in [0, 0.1) is 6.92 Å². The molecule has 1 aliphatic heterocycles. The zero-order valence-electron chi connectivity index (χ0n) is 21.9. The highest BCUT2D eigenvalue weighted by molar-refractivity contribution is 7.10. The quantitative estimate of drug-likeness (QED) is 0.224. The summed E-state index contributed by atoms with van der Waals surface area (Å²) in [4.78, 5) is 32.0. The third kappa shape index (κ3) is 5.35. The minimum absolute atomic E-state index is 0.200. The van der Waals surface area contributed by atoms with E-state index in [9.17, 15) is 14.7 Å². The number of carbonyl (C=O) groups excluding carboxylic acids is 1. The molecule has 0 saturated carbocycles. The second-order valence-corrected chi connectivity index (χ2v) is 11.8. The van der Waals surface area contributed by atoms with Gasteiger partial charge in [-0.1, -0.05) is 41.6 Å². The standard InChI is InChI=1S/C31H27N3O4S2/c1-19-28(29(33-38-19)24-5-2-4-23(16-24)20-7-9-22(10-8-20)31(36)37)26-18-40-30(32-26)21-11-13-34(14-12-21)27(35)17-25-6-3-15-39-25/h2-10,15-16,18,21H,11-14,17H2,1H3,(H,36,37). The lowest BCUT2D eigenvalue weighted by atomic mass is 9.97. The molecule has 202 valence electrons. The van der Waals surface area contributed by atoms with Gasteiger partial charge in [0, 0.05) is 34.8 Å². The zero-order valence-corrected chi connectivity index (χ0v) is 23.5. The highest BCUT2D eigenvalue weighted by atomic mass is 32.1.